The van der Waals surface area contributed by atoms with E-state index < -0.39 is 6.36 Å². The second kappa shape index (κ2) is 4.86. The van der Waals surface area contributed by atoms with Gasteiger partial charge < -0.3 is 10.1 Å². The molecule has 1 N–H and O–H groups in total. The molecule has 1 atom stereocenters. The fourth-order valence-electron chi connectivity index (χ4n) is 1.95. The zero-order valence-corrected chi connectivity index (χ0v) is 10.4. The molecule has 0 unspecified atom stereocenters. The fraction of sp³-hybridized carbons (Fsp3) is 0.455. The monoisotopic (exact) mass is 309 g/mol. The van der Waals surface area contributed by atoms with Crippen molar-refractivity contribution in [2.75, 3.05) is 6.54 Å². The molecule has 2 rings (SSSR count). The molecule has 1 saturated heterocycles. The van der Waals surface area contributed by atoms with Gasteiger partial charge in [-0.05, 0) is 43.1 Å². The van der Waals surface area contributed by atoms with E-state index in [1.807, 2.05) is 6.07 Å². The van der Waals surface area contributed by atoms with Gasteiger partial charge in [0, 0.05) is 10.5 Å². The van der Waals surface area contributed by atoms with Gasteiger partial charge in [-0.3, -0.25) is 0 Å². The van der Waals surface area contributed by atoms with Crippen molar-refractivity contribution in [1.29, 1.82) is 0 Å². The van der Waals surface area contributed by atoms with Gasteiger partial charge in [0.2, 0.25) is 0 Å². The Morgan fingerprint density at radius 2 is 2.06 bits per heavy atom. The minimum atomic E-state index is -4.65. The third-order valence-corrected chi connectivity index (χ3v) is 3.05. The van der Waals surface area contributed by atoms with Crippen LogP contribution in [0.2, 0.25) is 0 Å². The van der Waals surface area contributed by atoms with Crippen molar-refractivity contribution >= 4 is 15.9 Å². The Kier molecular flexibility index (Phi) is 3.63. The highest BCUT2D eigenvalue weighted by Crippen LogP contribution is 2.32. The van der Waals surface area contributed by atoms with Gasteiger partial charge in [0.1, 0.15) is 5.75 Å². The Morgan fingerprint density at radius 1 is 1.29 bits per heavy atom. The Bertz CT molecular complexity index is 402. The van der Waals surface area contributed by atoms with Crippen LogP contribution in [-0.4, -0.2) is 12.9 Å². The Labute approximate surface area is 105 Å². The second-order valence-electron chi connectivity index (χ2n) is 3.92. The van der Waals surface area contributed by atoms with E-state index >= 15 is 0 Å². The van der Waals surface area contributed by atoms with Crippen molar-refractivity contribution < 1.29 is 17.9 Å². The first kappa shape index (κ1) is 12.7. The summed E-state index contributed by atoms with van der Waals surface area (Å²) in [4.78, 5) is 0. The highest BCUT2D eigenvalue weighted by atomic mass is 79.9. The predicted octanol–water partition coefficient (Wildman–Crippen LogP) is 3.77. The van der Waals surface area contributed by atoms with E-state index in [-0.39, 0.29) is 11.8 Å². The summed E-state index contributed by atoms with van der Waals surface area (Å²) in [6.45, 7) is 0.895. The molecule has 0 spiro atoms. The molecular weight excluding hydrogens is 299 g/mol. The number of benzene rings is 1. The first-order valence-corrected chi connectivity index (χ1v) is 6.03. The molecule has 0 radical (unpaired) electrons. The average Bonchev–Trinajstić information content (AvgIpc) is 2.65. The maximum absolute atomic E-state index is 12.1. The molecule has 0 saturated carbocycles. The van der Waals surface area contributed by atoms with E-state index in [2.05, 4.69) is 26.0 Å². The predicted molar refractivity (Wildman–Crippen MR) is 60.8 cm³/mol. The van der Waals surface area contributed by atoms with Gasteiger partial charge >= 0.3 is 6.36 Å². The summed E-state index contributed by atoms with van der Waals surface area (Å²) in [5.41, 5.74) is 0.816. The number of nitrogens with one attached hydrogen (secondary N) is 1. The molecule has 1 aliphatic heterocycles. The quantitative estimate of drug-likeness (QED) is 0.898. The highest BCUT2D eigenvalue weighted by molar-refractivity contribution is 9.10. The summed E-state index contributed by atoms with van der Waals surface area (Å²) in [6.07, 6.45) is -2.68. The van der Waals surface area contributed by atoms with E-state index in [0.717, 1.165) is 24.9 Å². The smallest absolute Gasteiger partial charge is 0.406 e. The highest BCUT2D eigenvalue weighted by Gasteiger charge is 2.31. The zero-order valence-electron chi connectivity index (χ0n) is 8.85. The summed E-state index contributed by atoms with van der Waals surface area (Å²) in [7, 11) is 0. The SMILES string of the molecule is FC(F)(F)Oc1cc(Br)cc([C@@H]2CCCN2)c1. The van der Waals surface area contributed by atoms with Gasteiger partial charge in [-0.25, -0.2) is 0 Å². The first-order chi connectivity index (χ1) is 7.94. The number of hydrogen-bond donors (Lipinski definition) is 1. The molecule has 94 valence electrons. The molecule has 0 bridgehead atoms. The summed E-state index contributed by atoms with van der Waals surface area (Å²) in [6, 6.07) is 4.67. The summed E-state index contributed by atoms with van der Waals surface area (Å²) >= 11 is 3.19. The van der Waals surface area contributed by atoms with Crippen LogP contribution in [0.25, 0.3) is 0 Å². The minimum Gasteiger partial charge on any atom is -0.406 e. The summed E-state index contributed by atoms with van der Waals surface area (Å²) in [5.74, 6) is -0.185. The lowest BCUT2D eigenvalue weighted by Gasteiger charge is -2.14. The number of ether oxygens (including phenoxy) is 1. The van der Waals surface area contributed by atoms with Crippen LogP contribution in [0.5, 0.6) is 5.75 Å². The second-order valence-corrected chi connectivity index (χ2v) is 4.83. The lowest BCUT2D eigenvalue weighted by Crippen LogP contribution is -2.18. The molecule has 17 heavy (non-hydrogen) atoms. The zero-order chi connectivity index (χ0) is 12.5. The fourth-order valence-corrected chi connectivity index (χ4v) is 2.44. The van der Waals surface area contributed by atoms with Crippen molar-refractivity contribution in [2.45, 2.75) is 25.2 Å². The summed E-state index contributed by atoms with van der Waals surface area (Å²) < 4.78 is 40.9. The van der Waals surface area contributed by atoms with E-state index in [1.54, 1.807) is 0 Å². The lowest BCUT2D eigenvalue weighted by atomic mass is 10.1. The van der Waals surface area contributed by atoms with Crippen molar-refractivity contribution in [3.8, 4) is 5.75 Å². The average molecular weight is 310 g/mol. The molecule has 1 fully saturated rings. The standard InChI is InChI=1S/C11H11BrF3NO/c12-8-4-7(10-2-1-3-16-10)5-9(6-8)17-11(13,14)15/h4-6,10,16H,1-3H2/t10-/m0/s1. The third kappa shape index (κ3) is 3.61. The van der Waals surface area contributed by atoms with Crippen LogP contribution in [0.4, 0.5) is 13.2 Å². The van der Waals surface area contributed by atoms with E-state index in [0.29, 0.717) is 4.47 Å². The maximum atomic E-state index is 12.1. The molecule has 0 aliphatic carbocycles. The first-order valence-electron chi connectivity index (χ1n) is 5.24. The molecule has 1 heterocycles. The number of alkyl halides is 3. The van der Waals surface area contributed by atoms with Crippen LogP contribution in [0.15, 0.2) is 22.7 Å². The van der Waals surface area contributed by atoms with Crippen molar-refractivity contribution in [2.24, 2.45) is 0 Å². The third-order valence-electron chi connectivity index (χ3n) is 2.59. The van der Waals surface area contributed by atoms with Crippen LogP contribution >= 0.6 is 15.9 Å². The van der Waals surface area contributed by atoms with Crippen LogP contribution < -0.4 is 10.1 Å². The van der Waals surface area contributed by atoms with Gasteiger partial charge in [0.05, 0.1) is 0 Å². The molecule has 2 nitrogen and oxygen atoms in total. The Balaban J connectivity index is 2.22. The maximum Gasteiger partial charge on any atom is 0.573 e. The lowest BCUT2D eigenvalue weighted by molar-refractivity contribution is -0.274. The van der Waals surface area contributed by atoms with Crippen molar-refractivity contribution in [1.82, 2.24) is 5.32 Å². The molecular formula is C11H11BrF3NO. The van der Waals surface area contributed by atoms with E-state index in [9.17, 15) is 13.2 Å². The number of hydrogen-bond acceptors (Lipinski definition) is 2. The number of halogens is 4. The normalized spacial score (nSPS) is 20.6. The summed E-state index contributed by atoms with van der Waals surface area (Å²) in [5, 5.41) is 3.23. The minimum absolute atomic E-state index is 0.114. The number of rotatable bonds is 2. The molecule has 1 aromatic carbocycles. The molecule has 0 amide bonds. The van der Waals surface area contributed by atoms with Gasteiger partial charge in [0.15, 0.2) is 0 Å². The van der Waals surface area contributed by atoms with Gasteiger partial charge in [0.25, 0.3) is 0 Å². The van der Waals surface area contributed by atoms with E-state index in [1.165, 1.54) is 12.1 Å². The van der Waals surface area contributed by atoms with Crippen molar-refractivity contribution in [3.63, 3.8) is 0 Å². The molecule has 1 aromatic rings. The molecule has 0 aromatic heterocycles. The van der Waals surface area contributed by atoms with Gasteiger partial charge in [-0.15, -0.1) is 13.2 Å². The van der Waals surface area contributed by atoms with Gasteiger partial charge in [-0.2, -0.15) is 0 Å². The largest absolute Gasteiger partial charge is 0.573 e. The molecule has 1 aliphatic rings. The Hall–Kier alpha value is -0.750. The van der Waals surface area contributed by atoms with Crippen molar-refractivity contribution in [3.05, 3.63) is 28.2 Å². The van der Waals surface area contributed by atoms with Crippen LogP contribution in [-0.2, 0) is 0 Å². The van der Waals surface area contributed by atoms with Crippen LogP contribution in [0.1, 0.15) is 24.4 Å². The van der Waals surface area contributed by atoms with Gasteiger partial charge in [-0.1, -0.05) is 15.9 Å². The van der Waals surface area contributed by atoms with Crippen LogP contribution in [0, 0.1) is 0 Å². The van der Waals surface area contributed by atoms with E-state index in [4.69, 9.17) is 0 Å². The van der Waals surface area contributed by atoms with Crippen LogP contribution in [0.3, 0.4) is 0 Å². The molecule has 6 heteroatoms. The topological polar surface area (TPSA) is 21.3 Å². The Morgan fingerprint density at radius 3 is 2.65 bits per heavy atom.